The van der Waals surface area contributed by atoms with Crippen LogP contribution in [0.3, 0.4) is 0 Å². The fraction of sp³-hybridized carbons (Fsp3) is 0.294. The van der Waals surface area contributed by atoms with Crippen LogP contribution in [0.15, 0.2) is 64.0 Å². The number of hydrogen-bond donors (Lipinski definition) is 1. The van der Waals surface area contributed by atoms with Gasteiger partial charge in [-0.1, -0.05) is 46.3 Å². The van der Waals surface area contributed by atoms with Gasteiger partial charge in [-0.25, -0.2) is 8.42 Å². The van der Waals surface area contributed by atoms with Crippen LogP contribution in [0.5, 0.6) is 0 Å². The molecule has 0 bridgehead atoms. The predicted octanol–water partition coefficient (Wildman–Crippen LogP) is 1.54. The molecule has 0 spiro atoms. The lowest BCUT2D eigenvalue weighted by Crippen LogP contribution is -3.13. The maximum Gasteiger partial charge on any atom is 0.243 e. The Morgan fingerprint density at radius 2 is 1.70 bits per heavy atom. The molecular formula is C17H20BrN2O2S+. The molecule has 1 fully saturated rings. The summed E-state index contributed by atoms with van der Waals surface area (Å²) in [6.45, 7) is 3.73. The van der Waals surface area contributed by atoms with Crippen LogP contribution in [0.25, 0.3) is 0 Å². The molecule has 0 radical (unpaired) electrons. The van der Waals surface area contributed by atoms with Crippen LogP contribution in [0.1, 0.15) is 5.56 Å². The fourth-order valence-corrected chi connectivity index (χ4v) is 4.81. The van der Waals surface area contributed by atoms with E-state index in [0.29, 0.717) is 18.0 Å². The highest BCUT2D eigenvalue weighted by molar-refractivity contribution is 9.10. The smallest absolute Gasteiger partial charge is 0.243 e. The number of quaternary nitrogens is 1. The summed E-state index contributed by atoms with van der Waals surface area (Å²) in [5.74, 6) is 0. The Morgan fingerprint density at radius 3 is 2.35 bits per heavy atom. The number of piperazine rings is 1. The summed E-state index contributed by atoms with van der Waals surface area (Å²) in [5, 5.41) is 0. The van der Waals surface area contributed by atoms with Gasteiger partial charge in [0.1, 0.15) is 6.54 Å². The molecule has 4 nitrogen and oxygen atoms in total. The molecule has 0 aromatic heterocycles. The molecule has 0 unspecified atom stereocenters. The predicted molar refractivity (Wildman–Crippen MR) is 93.7 cm³/mol. The molecular weight excluding hydrogens is 376 g/mol. The molecule has 23 heavy (non-hydrogen) atoms. The van der Waals surface area contributed by atoms with Gasteiger partial charge >= 0.3 is 0 Å². The highest BCUT2D eigenvalue weighted by Crippen LogP contribution is 2.15. The Morgan fingerprint density at radius 1 is 1.00 bits per heavy atom. The molecule has 1 aliphatic rings. The van der Waals surface area contributed by atoms with Crippen molar-refractivity contribution >= 4 is 26.0 Å². The largest absolute Gasteiger partial charge is 0.329 e. The summed E-state index contributed by atoms with van der Waals surface area (Å²) in [4.78, 5) is 1.80. The van der Waals surface area contributed by atoms with Crippen LogP contribution in [0, 0.1) is 0 Å². The van der Waals surface area contributed by atoms with Gasteiger partial charge in [-0.15, -0.1) is 0 Å². The Balaban J connectivity index is 1.62. The zero-order valence-electron chi connectivity index (χ0n) is 12.8. The van der Waals surface area contributed by atoms with E-state index >= 15 is 0 Å². The second kappa shape index (κ2) is 7.13. The number of nitrogens with one attached hydrogen (secondary N) is 1. The molecule has 2 aromatic rings. The van der Waals surface area contributed by atoms with Crippen molar-refractivity contribution in [3.8, 4) is 0 Å². The lowest BCUT2D eigenvalue weighted by molar-refractivity contribution is -0.917. The normalized spacial score (nSPS) is 17.3. The molecule has 3 rings (SSSR count). The Kier molecular flexibility index (Phi) is 5.16. The molecule has 0 atom stereocenters. The second-order valence-electron chi connectivity index (χ2n) is 5.77. The quantitative estimate of drug-likeness (QED) is 0.852. The highest BCUT2D eigenvalue weighted by Gasteiger charge is 2.30. The first-order chi connectivity index (χ1) is 11.1. The summed E-state index contributed by atoms with van der Waals surface area (Å²) < 4.78 is 27.9. The van der Waals surface area contributed by atoms with Gasteiger partial charge in [-0.3, -0.25) is 0 Å². The monoisotopic (exact) mass is 395 g/mol. The topological polar surface area (TPSA) is 41.8 Å². The van der Waals surface area contributed by atoms with Gasteiger partial charge in [-0.2, -0.15) is 4.31 Å². The van der Waals surface area contributed by atoms with Gasteiger partial charge in [0.2, 0.25) is 10.0 Å². The van der Waals surface area contributed by atoms with Crippen LogP contribution >= 0.6 is 15.9 Å². The second-order valence-corrected chi connectivity index (χ2v) is 8.63. The Labute approximate surface area is 145 Å². The van der Waals surface area contributed by atoms with Crippen LogP contribution < -0.4 is 4.90 Å². The van der Waals surface area contributed by atoms with Crippen molar-refractivity contribution in [2.24, 2.45) is 0 Å². The van der Waals surface area contributed by atoms with E-state index in [9.17, 15) is 8.42 Å². The van der Waals surface area contributed by atoms with Gasteiger partial charge in [0.25, 0.3) is 0 Å². The third kappa shape index (κ3) is 4.01. The molecule has 2 aromatic carbocycles. The van der Waals surface area contributed by atoms with Crippen LogP contribution in [0.2, 0.25) is 0 Å². The van der Waals surface area contributed by atoms with E-state index < -0.39 is 10.0 Å². The van der Waals surface area contributed by atoms with Crippen molar-refractivity contribution in [2.45, 2.75) is 11.4 Å². The van der Waals surface area contributed by atoms with Crippen LogP contribution in [-0.2, 0) is 16.6 Å². The number of nitrogens with zero attached hydrogens (tertiary/aromatic N) is 1. The molecule has 6 heteroatoms. The van der Waals surface area contributed by atoms with Gasteiger partial charge < -0.3 is 4.90 Å². The van der Waals surface area contributed by atoms with E-state index in [0.717, 1.165) is 24.1 Å². The highest BCUT2D eigenvalue weighted by atomic mass is 79.9. The SMILES string of the molecule is O=S(=O)(c1ccccc1)N1CC[NH+](Cc2cccc(Br)c2)CC1. The molecule has 1 saturated heterocycles. The number of rotatable bonds is 4. The molecule has 1 heterocycles. The van der Waals surface area contributed by atoms with Crippen molar-refractivity contribution in [1.82, 2.24) is 4.31 Å². The van der Waals surface area contributed by atoms with E-state index in [-0.39, 0.29) is 0 Å². The molecule has 0 aliphatic carbocycles. The average molecular weight is 396 g/mol. The summed E-state index contributed by atoms with van der Waals surface area (Å²) in [6.07, 6.45) is 0. The fourth-order valence-electron chi connectivity index (χ4n) is 2.90. The van der Waals surface area contributed by atoms with Crippen molar-refractivity contribution in [3.63, 3.8) is 0 Å². The minimum Gasteiger partial charge on any atom is -0.329 e. The summed E-state index contributed by atoms with van der Waals surface area (Å²) in [6, 6.07) is 17.0. The average Bonchev–Trinajstić information content (AvgIpc) is 2.56. The maximum atomic E-state index is 12.6. The van der Waals surface area contributed by atoms with Crippen molar-refractivity contribution < 1.29 is 13.3 Å². The number of sulfonamides is 1. The first-order valence-corrected chi connectivity index (χ1v) is 9.92. The van der Waals surface area contributed by atoms with Gasteiger partial charge in [0, 0.05) is 10.0 Å². The minimum atomic E-state index is -3.35. The number of benzene rings is 2. The first kappa shape index (κ1) is 16.6. The molecule has 0 amide bonds. The standard InChI is InChI=1S/C17H19BrN2O2S/c18-16-6-4-5-15(13-16)14-19-9-11-20(12-10-19)23(21,22)17-7-2-1-3-8-17/h1-8,13H,9-12,14H2/p+1. The Hall–Kier alpha value is -1.21. The van der Waals surface area contributed by atoms with Crippen LogP contribution in [0.4, 0.5) is 0 Å². The van der Waals surface area contributed by atoms with E-state index in [1.54, 1.807) is 28.6 Å². The summed E-state index contributed by atoms with van der Waals surface area (Å²) in [7, 11) is -3.35. The van der Waals surface area contributed by atoms with Gasteiger partial charge in [0.05, 0.1) is 31.1 Å². The molecule has 0 saturated carbocycles. The zero-order valence-corrected chi connectivity index (χ0v) is 15.2. The van der Waals surface area contributed by atoms with E-state index in [1.165, 1.54) is 10.5 Å². The van der Waals surface area contributed by atoms with Gasteiger partial charge in [0.15, 0.2) is 0 Å². The lowest BCUT2D eigenvalue weighted by atomic mass is 10.2. The summed E-state index contributed by atoms with van der Waals surface area (Å²) >= 11 is 3.49. The maximum absolute atomic E-state index is 12.6. The van der Waals surface area contributed by atoms with Crippen molar-refractivity contribution in [1.29, 1.82) is 0 Å². The molecule has 122 valence electrons. The van der Waals surface area contributed by atoms with Crippen molar-refractivity contribution in [2.75, 3.05) is 26.2 Å². The number of hydrogen-bond acceptors (Lipinski definition) is 2. The zero-order chi connectivity index (χ0) is 16.3. The Bertz CT molecular complexity index is 757. The molecule has 1 aliphatic heterocycles. The molecule has 1 N–H and O–H groups in total. The first-order valence-electron chi connectivity index (χ1n) is 7.69. The van der Waals surface area contributed by atoms with Gasteiger partial charge in [-0.05, 0) is 24.3 Å². The van der Waals surface area contributed by atoms with E-state index in [4.69, 9.17) is 0 Å². The number of halogens is 1. The third-order valence-corrected chi connectivity index (χ3v) is 6.56. The lowest BCUT2D eigenvalue weighted by Gasteiger charge is -2.31. The van der Waals surface area contributed by atoms with Crippen LogP contribution in [-0.4, -0.2) is 38.9 Å². The van der Waals surface area contributed by atoms with E-state index in [1.807, 2.05) is 18.2 Å². The third-order valence-electron chi connectivity index (χ3n) is 4.15. The minimum absolute atomic E-state index is 0.385. The van der Waals surface area contributed by atoms with Crippen molar-refractivity contribution in [3.05, 3.63) is 64.6 Å². The van der Waals surface area contributed by atoms with E-state index in [2.05, 4.69) is 28.1 Å². The summed E-state index contributed by atoms with van der Waals surface area (Å²) in [5.41, 5.74) is 1.27.